The SMILES string of the molecule is COc1ccccc1CCNc1nnc(CCCl)o1. The molecule has 0 spiro atoms. The number of methoxy groups -OCH3 is 1. The molecule has 0 bridgehead atoms. The third-order valence-corrected chi connectivity index (χ3v) is 2.83. The van der Waals surface area contributed by atoms with Crippen molar-refractivity contribution in [1.82, 2.24) is 10.2 Å². The Bertz CT molecular complexity index is 516. The van der Waals surface area contributed by atoms with E-state index in [4.69, 9.17) is 20.8 Å². The van der Waals surface area contributed by atoms with Crippen molar-refractivity contribution in [3.63, 3.8) is 0 Å². The lowest BCUT2D eigenvalue weighted by Crippen LogP contribution is -2.06. The molecule has 0 atom stereocenters. The van der Waals surface area contributed by atoms with Gasteiger partial charge < -0.3 is 14.5 Å². The van der Waals surface area contributed by atoms with E-state index >= 15 is 0 Å². The lowest BCUT2D eigenvalue weighted by molar-refractivity contribution is 0.410. The fourth-order valence-electron chi connectivity index (χ4n) is 1.72. The molecule has 1 heterocycles. The molecule has 0 aliphatic rings. The van der Waals surface area contributed by atoms with Crippen LogP contribution in [0.15, 0.2) is 28.7 Å². The van der Waals surface area contributed by atoms with E-state index in [1.165, 1.54) is 0 Å². The van der Waals surface area contributed by atoms with Gasteiger partial charge in [0.15, 0.2) is 0 Å². The van der Waals surface area contributed by atoms with Gasteiger partial charge in [-0.15, -0.1) is 16.7 Å². The number of aromatic nitrogens is 2. The Morgan fingerprint density at radius 2 is 2.11 bits per heavy atom. The molecule has 0 aliphatic heterocycles. The minimum Gasteiger partial charge on any atom is -0.496 e. The summed E-state index contributed by atoms with van der Waals surface area (Å²) < 4.78 is 10.7. The minimum atomic E-state index is 0.426. The van der Waals surface area contributed by atoms with Gasteiger partial charge in [0.05, 0.1) is 7.11 Å². The Balaban J connectivity index is 1.85. The van der Waals surface area contributed by atoms with Gasteiger partial charge in [0, 0.05) is 18.8 Å². The quantitative estimate of drug-likeness (QED) is 0.790. The van der Waals surface area contributed by atoms with Crippen molar-refractivity contribution in [2.75, 3.05) is 24.9 Å². The first-order valence-electron chi connectivity index (χ1n) is 6.07. The van der Waals surface area contributed by atoms with Gasteiger partial charge in [0.2, 0.25) is 5.89 Å². The van der Waals surface area contributed by atoms with Crippen molar-refractivity contribution in [3.05, 3.63) is 35.7 Å². The number of nitrogens with one attached hydrogen (secondary N) is 1. The van der Waals surface area contributed by atoms with Gasteiger partial charge in [-0.1, -0.05) is 23.3 Å². The van der Waals surface area contributed by atoms with Crippen molar-refractivity contribution < 1.29 is 9.15 Å². The summed E-state index contributed by atoms with van der Waals surface area (Å²) in [6.45, 7) is 0.697. The largest absolute Gasteiger partial charge is 0.496 e. The number of anilines is 1. The van der Waals surface area contributed by atoms with E-state index in [1.807, 2.05) is 24.3 Å². The lowest BCUT2D eigenvalue weighted by atomic mass is 10.1. The summed E-state index contributed by atoms with van der Waals surface area (Å²) in [6, 6.07) is 8.35. The monoisotopic (exact) mass is 281 g/mol. The molecule has 0 saturated heterocycles. The molecule has 6 heteroatoms. The van der Waals surface area contributed by atoms with Crippen molar-refractivity contribution in [1.29, 1.82) is 0 Å². The zero-order valence-corrected chi connectivity index (χ0v) is 11.5. The van der Waals surface area contributed by atoms with Crippen LogP contribution in [-0.4, -0.2) is 29.7 Å². The number of rotatable bonds is 7. The van der Waals surface area contributed by atoms with E-state index < -0.39 is 0 Å². The van der Waals surface area contributed by atoms with Gasteiger partial charge in [0.1, 0.15) is 5.75 Å². The highest BCUT2D eigenvalue weighted by Crippen LogP contribution is 2.17. The number of hydrogen-bond acceptors (Lipinski definition) is 5. The number of nitrogens with zero attached hydrogens (tertiary/aromatic N) is 2. The predicted molar refractivity (Wildman–Crippen MR) is 73.9 cm³/mol. The van der Waals surface area contributed by atoms with E-state index in [2.05, 4.69) is 15.5 Å². The van der Waals surface area contributed by atoms with Gasteiger partial charge in [-0.2, -0.15) is 0 Å². The van der Waals surface area contributed by atoms with Gasteiger partial charge in [-0.3, -0.25) is 0 Å². The first-order chi connectivity index (χ1) is 9.33. The second kappa shape index (κ2) is 6.99. The van der Waals surface area contributed by atoms with Gasteiger partial charge in [-0.25, -0.2) is 0 Å². The summed E-state index contributed by atoms with van der Waals surface area (Å²) >= 11 is 5.60. The van der Waals surface area contributed by atoms with Crippen molar-refractivity contribution >= 4 is 17.6 Å². The average Bonchev–Trinajstić information content (AvgIpc) is 2.87. The highest BCUT2D eigenvalue weighted by Gasteiger charge is 2.05. The van der Waals surface area contributed by atoms with Crippen molar-refractivity contribution in [2.45, 2.75) is 12.8 Å². The number of ether oxygens (including phenoxy) is 1. The molecule has 1 N–H and O–H groups in total. The van der Waals surface area contributed by atoms with E-state index in [9.17, 15) is 0 Å². The summed E-state index contributed by atoms with van der Waals surface area (Å²) in [4.78, 5) is 0. The van der Waals surface area contributed by atoms with Crippen molar-refractivity contribution in [3.8, 4) is 5.75 Å². The summed E-state index contributed by atoms with van der Waals surface area (Å²) in [6.07, 6.45) is 1.40. The Morgan fingerprint density at radius 1 is 1.26 bits per heavy atom. The van der Waals surface area contributed by atoms with Crippen LogP contribution in [0.25, 0.3) is 0 Å². The maximum Gasteiger partial charge on any atom is 0.315 e. The van der Waals surface area contributed by atoms with Gasteiger partial charge in [-0.05, 0) is 18.1 Å². The molecule has 0 saturated carbocycles. The number of benzene rings is 1. The molecule has 0 radical (unpaired) electrons. The van der Waals surface area contributed by atoms with Crippen LogP contribution in [0.5, 0.6) is 5.75 Å². The Labute approximate surface area is 116 Å². The summed E-state index contributed by atoms with van der Waals surface area (Å²) in [5.41, 5.74) is 1.14. The number of aryl methyl sites for hydroxylation is 1. The fourth-order valence-corrected chi connectivity index (χ4v) is 1.88. The van der Waals surface area contributed by atoms with Crippen LogP contribution in [0.3, 0.4) is 0 Å². The first kappa shape index (κ1) is 13.7. The second-order valence-corrected chi connectivity index (χ2v) is 4.31. The Hall–Kier alpha value is -1.75. The zero-order chi connectivity index (χ0) is 13.5. The molecule has 0 fully saturated rings. The Morgan fingerprint density at radius 3 is 2.89 bits per heavy atom. The van der Waals surface area contributed by atoms with Gasteiger partial charge in [0.25, 0.3) is 0 Å². The van der Waals surface area contributed by atoms with Crippen LogP contribution in [0.1, 0.15) is 11.5 Å². The number of halogens is 1. The standard InChI is InChI=1S/C13H16ClN3O2/c1-18-11-5-3-2-4-10(11)7-9-15-13-17-16-12(19-13)6-8-14/h2-5H,6-9H2,1H3,(H,15,17). The molecule has 0 aliphatic carbocycles. The van der Waals surface area contributed by atoms with E-state index in [0.717, 1.165) is 17.7 Å². The molecule has 102 valence electrons. The third kappa shape index (κ3) is 3.86. The van der Waals surface area contributed by atoms with Crippen LogP contribution in [0.4, 0.5) is 6.01 Å². The molecule has 0 amide bonds. The van der Waals surface area contributed by atoms with Crippen LogP contribution in [-0.2, 0) is 12.8 Å². The van der Waals surface area contributed by atoms with Crippen LogP contribution in [0.2, 0.25) is 0 Å². The molecule has 2 aromatic rings. The molecule has 1 aromatic heterocycles. The average molecular weight is 282 g/mol. The van der Waals surface area contributed by atoms with E-state index in [1.54, 1.807) is 7.11 Å². The highest BCUT2D eigenvalue weighted by atomic mass is 35.5. The topological polar surface area (TPSA) is 60.2 Å². The van der Waals surface area contributed by atoms with Crippen LogP contribution >= 0.6 is 11.6 Å². The highest BCUT2D eigenvalue weighted by molar-refractivity contribution is 6.17. The van der Waals surface area contributed by atoms with Crippen LogP contribution in [0, 0.1) is 0 Å². The van der Waals surface area contributed by atoms with Crippen LogP contribution < -0.4 is 10.1 Å². The zero-order valence-electron chi connectivity index (χ0n) is 10.7. The molecular weight excluding hydrogens is 266 g/mol. The van der Waals surface area contributed by atoms with Gasteiger partial charge >= 0.3 is 6.01 Å². The minimum absolute atomic E-state index is 0.426. The molecule has 0 unspecified atom stereocenters. The second-order valence-electron chi connectivity index (χ2n) is 3.93. The maximum atomic E-state index is 5.60. The predicted octanol–water partition coefficient (Wildman–Crippen LogP) is 2.51. The van der Waals surface area contributed by atoms with Crippen molar-refractivity contribution in [2.24, 2.45) is 0 Å². The molecule has 2 rings (SSSR count). The molecule has 19 heavy (non-hydrogen) atoms. The molecular formula is C13H16ClN3O2. The fraction of sp³-hybridized carbons (Fsp3) is 0.385. The number of alkyl halides is 1. The van der Waals surface area contributed by atoms with E-state index in [-0.39, 0.29) is 0 Å². The smallest absolute Gasteiger partial charge is 0.315 e. The number of para-hydroxylation sites is 1. The maximum absolute atomic E-state index is 5.60. The lowest BCUT2D eigenvalue weighted by Gasteiger charge is -2.07. The summed E-state index contributed by atoms with van der Waals surface area (Å²) in [7, 11) is 1.67. The Kier molecular flexibility index (Phi) is 5.03. The third-order valence-electron chi connectivity index (χ3n) is 2.64. The first-order valence-corrected chi connectivity index (χ1v) is 6.61. The van der Waals surface area contributed by atoms with E-state index in [0.29, 0.717) is 30.8 Å². The normalized spacial score (nSPS) is 10.4. The summed E-state index contributed by atoms with van der Waals surface area (Å²) in [5.74, 6) is 1.91. The molecule has 1 aromatic carbocycles. The number of hydrogen-bond donors (Lipinski definition) is 1. The summed E-state index contributed by atoms with van der Waals surface area (Å²) in [5, 5.41) is 10.9. The molecule has 5 nitrogen and oxygen atoms in total.